The lowest BCUT2D eigenvalue weighted by atomic mass is 10.0. The summed E-state index contributed by atoms with van der Waals surface area (Å²) < 4.78 is 0. The van der Waals surface area contributed by atoms with Gasteiger partial charge in [-0.25, -0.2) is 0 Å². The molecule has 1 aromatic heterocycles. The highest BCUT2D eigenvalue weighted by molar-refractivity contribution is 5.93. The number of nitrogens with zero attached hydrogens (tertiary/aromatic N) is 1. The van der Waals surface area contributed by atoms with Gasteiger partial charge in [-0.3, -0.25) is 9.89 Å². The molecule has 0 radical (unpaired) electrons. The van der Waals surface area contributed by atoms with Gasteiger partial charge in [-0.1, -0.05) is 27.7 Å². The number of carbonyl (C=O) groups is 1. The van der Waals surface area contributed by atoms with Gasteiger partial charge in [-0.2, -0.15) is 5.10 Å². The molecule has 96 valence electrons. The Hall–Kier alpha value is -1.36. The van der Waals surface area contributed by atoms with Crippen LogP contribution < -0.4 is 11.1 Å². The zero-order valence-electron chi connectivity index (χ0n) is 10.9. The first-order chi connectivity index (χ1) is 7.90. The zero-order valence-corrected chi connectivity index (χ0v) is 10.9. The summed E-state index contributed by atoms with van der Waals surface area (Å²) >= 11 is 0. The number of aromatic amines is 1. The summed E-state index contributed by atoms with van der Waals surface area (Å²) in [4.78, 5) is 11.7. The number of carbonyl (C=O) groups excluding carboxylic acids is 1. The number of H-pyrrole nitrogens is 1. The van der Waals surface area contributed by atoms with Crippen molar-refractivity contribution in [2.24, 2.45) is 11.7 Å². The molecule has 1 aromatic rings. The third kappa shape index (κ3) is 4.19. The molecular formula is C12H22N4O. The molecule has 0 saturated carbocycles. The molecule has 1 rings (SSSR count). The molecule has 0 bridgehead atoms. The fourth-order valence-electron chi connectivity index (χ4n) is 1.53. The van der Waals surface area contributed by atoms with Gasteiger partial charge < -0.3 is 11.1 Å². The van der Waals surface area contributed by atoms with Crippen molar-refractivity contribution >= 4 is 11.7 Å². The van der Waals surface area contributed by atoms with Crippen LogP contribution in [0, 0.1) is 5.92 Å². The van der Waals surface area contributed by atoms with E-state index in [0.717, 1.165) is 5.69 Å². The van der Waals surface area contributed by atoms with E-state index in [1.165, 1.54) is 0 Å². The maximum atomic E-state index is 11.7. The molecule has 17 heavy (non-hydrogen) atoms. The van der Waals surface area contributed by atoms with E-state index >= 15 is 0 Å². The summed E-state index contributed by atoms with van der Waals surface area (Å²) in [7, 11) is 0. The van der Waals surface area contributed by atoms with Gasteiger partial charge in [-0.05, 0) is 18.3 Å². The summed E-state index contributed by atoms with van der Waals surface area (Å²) in [6.45, 7) is 8.20. The lowest BCUT2D eigenvalue weighted by Crippen LogP contribution is -2.36. The Morgan fingerprint density at radius 3 is 2.59 bits per heavy atom. The third-order valence-electron chi connectivity index (χ3n) is 2.53. The van der Waals surface area contributed by atoms with Crippen molar-refractivity contribution in [2.75, 3.05) is 5.32 Å². The molecule has 0 aliphatic carbocycles. The van der Waals surface area contributed by atoms with Crippen molar-refractivity contribution in [3.63, 3.8) is 0 Å². The van der Waals surface area contributed by atoms with Crippen LogP contribution in [0.3, 0.4) is 0 Å². The monoisotopic (exact) mass is 238 g/mol. The van der Waals surface area contributed by atoms with Gasteiger partial charge in [0.1, 0.15) is 0 Å². The van der Waals surface area contributed by atoms with Crippen molar-refractivity contribution in [3.05, 3.63) is 11.8 Å². The van der Waals surface area contributed by atoms with E-state index in [9.17, 15) is 4.79 Å². The average molecular weight is 238 g/mol. The molecule has 0 fully saturated rings. The van der Waals surface area contributed by atoms with Gasteiger partial charge in [-0.15, -0.1) is 0 Å². The summed E-state index contributed by atoms with van der Waals surface area (Å²) in [5, 5.41) is 9.63. The maximum absolute atomic E-state index is 11.7. The molecule has 4 N–H and O–H groups in total. The summed E-state index contributed by atoms with van der Waals surface area (Å²) in [5.41, 5.74) is 6.78. The Morgan fingerprint density at radius 2 is 2.12 bits per heavy atom. The van der Waals surface area contributed by atoms with E-state index in [1.807, 2.05) is 19.9 Å². The second-order valence-electron chi connectivity index (χ2n) is 5.09. The number of aromatic nitrogens is 2. The normalized spacial score (nSPS) is 13.1. The predicted molar refractivity (Wildman–Crippen MR) is 68.7 cm³/mol. The van der Waals surface area contributed by atoms with Gasteiger partial charge in [0.15, 0.2) is 5.82 Å². The molecule has 0 spiro atoms. The quantitative estimate of drug-likeness (QED) is 0.732. The first-order valence-corrected chi connectivity index (χ1v) is 6.02. The van der Waals surface area contributed by atoms with Crippen LogP contribution in [0.15, 0.2) is 6.07 Å². The van der Waals surface area contributed by atoms with E-state index < -0.39 is 6.04 Å². The molecule has 1 heterocycles. The van der Waals surface area contributed by atoms with Crippen molar-refractivity contribution < 1.29 is 4.79 Å². The Bertz CT molecular complexity index is 370. The minimum absolute atomic E-state index is 0.180. The summed E-state index contributed by atoms with van der Waals surface area (Å²) in [6, 6.07) is 1.36. The van der Waals surface area contributed by atoms with Crippen LogP contribution in [0.1, 0.15) is 45.7 Å². The fraction of sp³-hybridized carbons (Fsp3) is 0.667. The van der Waals surface area contributed by atoms with E-state index in [4.69, 9.17) is 5.73 Å². The lowest BCUT2D eigenvalue weighted by molar-refractivity contribution is -0.117. The van der Waals surface area contributed by atoms with Gasteiger partial charge >= 0.3 is 0 Å². The van der Waals surface area contributed by atoms with Crippen molar-refractivity contribution in [3.8, 4) is 0 Å². The van der Waals surface area contributed by atoms with E-state index in [1.54, 1.807) is 0 Å². The molecule has 0 unspecified atom stereocenters. The second kappa shape index (κ2) is 5.82. The Balaban J connectivity index is 2.55. The lowest BCUT2D eigenvalue weighted by Gasteiger charge is -2.12. The first-order valence-electron chi connectivity index (χ1n) is 6.02. The third-order valence-corrected chi connectivity index (χ3v) is 2.53. The first kappa shape index (κ1) is 13.7. The molecule has 0 aromatic carbocycles. The summed E-state index contributed by atoms with van der Waals surface area (Å²) in [6.07, 6.45) is 0.674. The van der Waals surface area contributed by atoms with E-state index in [2.05, 4.69) is 29.4 Å². The highest BCUT2D eigenvalue weighted by Gasteiger charge is 2.16. The van der Waals surface area contributed by atoms with Gasteiger partial charge in [0, 0.05) is 11.8 Å². The highest BCUT2D eigenvalue weighted by atomic mass is 16.2. The second-order valence-corrected chi connectivity index (χ2v) is 5.09. The largest absolute Gasteiger partial charge is 0.320 e. The van der Waals surface area contributed by atoms with Crippen molar-refractivity contribution in [1.82, 2.24) is 10.2 Å². The molecule has 1 amide bonds. The van der Waals surface area contributed by atoms with Crippen LogP contribution in [0.25, 0.3) is 0 Å². The molecule has 1 atom stereocenters. The fourth-order valence-corrected chi connectivity index (χ4v) is 1.53. The number of nitrogens with two attached hydrogens (primary N) is 1. The van der Waals surface area contributed by atoms with Gasteiger partial charge in [0.05, 0.1) is 6.04 Å². The zero-order chi connectivity index (χ0) is 13.0. The van der Waals surface area contributed by atoms with E-state index in [0.29, 0.717) is 24.1 Å². The summed E-state index contributed by atoms with van der Waals surface area (Å²) in [5.74, 6) is 1.12. The number of hydrogen-bond acceptors (Lipinski definition) is 3. The molecule has 5 heteroatoms. The molecule has 5 nitrogen and oxygen atoms in total. The number of hydrogen-bond donors (Lipinski definition) is 3. The van der Waals surface area contributed by atoms with Crippen LogP contribution >= 0.6 is 0 Å². The Kier molecular flexibility index (Phi) is 4.69. The molecule has 0 aliphatic heterocycles. The highest BCUT2D eigenvalue weighted by Crippen LogP contribution is 2.15. The van der Waals surface area contributed by atoms with Gasteiger partial charge in [0.2, 0.25) is 5.91 Å². The van der Waals surface area contributed by atoms with E-state index in [-0.39, 0.29) is 5.91 Å². The number of nitrogens with one attached hydrogen (secondary N) is 2. The Morgan fingerprint density at radius 1 is 1.47 bits per heavy atom. The smallest absolute Gasteiger partial charge is 0.242 e. The van der Waals surface area contributed by atoms with Crippen LogP contribution in [0.5, 0.6) is 0 Å². The van der Waals surface area contributed by atoms with Crippen molar-refractivity contribution in [2.45, 2.75) is 46.1 Å². The molecule has 0 aliphatic rings. The maximum Gasteiger partial charge on any atom is 0.242 e. The van der Waals surface area contributed by atoms with Crippen LogP contribution in [-0.4, -0.2) is 22.1 Å². The number of amides is 1. The average Bonchev–Trinajstić information content (AvgIpc) is 2.65. The van der Waals surface area contributed by atoms with Gasteiger partial charge in [0.25, 0.3) is 0 Å². The molecule has 0 saturated heterocycles. The number of anilines is 1. The standard InChI is InChI=1S/C12H22N4O/c1-7(2)5-9(13)12(17)14-11-6-10(8(3)4)15-16-11/h6-9H,5,13H2,1-4H3,(H2,14,15,16,17)/t9-/m0/s1. The molecular weight excluding hydrogens is 216 g/mol. The minimum Gasteiger partial charge on any atom is -0.320 e. The number of rotatable bonds is 5. The van der Waals surface area contributed by atoms with Crippen LogP contribution in [0.2, 0.25) is 0 Å². The van der Waals surface area contributed by atoms with Crippen LogP contribution in [-0.2, 0) is 4.79 Å². The Labute approximate surface area is 102 Å². The van der Waals surface area contributed by atoms with Crippen molar-refractivity contribution in [1.29, 1.82) is 0 Å². The predicted octanol–water partition coefficient (Wildman–Crippen LogP) is 1.84. The SMILES string of the molecule is CC(C)C[C@H](N)C(=O)Nc1cc(C(C)C)[nH]n1. The topological polar surface area (TPSA) is 83.8 Å². The van der Waals surface area contributed by atoms with Crippen LogP contribution in [0.4, 0.5) is 5.82 Å². The minimum atomic E-state index is -0.478.